The molecule has 1 aromatic carbocycles. The van der Waals surface area contributed by atoms with E-state index in [1.54, 1.807) is 0 Å². The summed E-state index contributed by atoms with van der Waals surface area (Å²) < 4.78 is 5.75. The molecular weight excluding hydrogens is 350 g/mol. The van der Waals surface area contributed by atoms with E-state index in [9.17, 15) is 0 Å². The Labute approximate surface area is 167 Å². The third kappa shape index (κ3) is 3.71. The molecular formula is C22H31N5O. The number of rotatable bonds is 5. The first-order valence-electron chi connectivity index (χ1n) is 10.2. The van der Waals surface area contributed by atoms with Crippen LogP contribution in [0.4, 0.5) is 5.95 Å². The number of nitrogens with one attached hydrogen (secondary N) is 1. The second-order valence-electron chi connectivity index (χ2n) is 8.31. The molecule has 2 aromatic rings. The van der Waals surface area contributed by atoms with Gasteiger partial charge < -0.3 is 15.0 Å². The van der Waals surface area contributed by atoms with Gasteiger partial charge in [0.15, 0.2) is 0 Å². The van der Waals surface area contributed by atoms with Crippen molar-refractivity contribution >= 4 is 5.95 Å². The number of benzene rings is 1. The normalized spacial score (nSPS) is 18.6. The van der Waals surface area contributed by atoms with Crippen molar-refractivity contribution < 1.29 is 4.74 Å². The van der Waals surface area contributed by atoms with Crippen LogP contribution in [0.2, 0.25) is 0 Å². The summed E-state index contributed by atoms with van der Waals surface area (Å²) in [6, 6.07) is 7.10. The maximum atomic E-state index is 5.75. The molecule has 0 bridgehead atoms. The second kappa shape index (κ2) is 7.68. The van der Waals surface area contributed by atoms with Gasteiger partial charge in [-0.2, -0.15) is 0 Å². The van der Waals surface area contributed by atoms with Crippen molar-refractivity contribution in [1.29, 1.82) is 0 Å². The highest BCUT2D eigenvalue weighted by atomic mass is 16.5. The molecule has 0 spiro atoms. The van der Waals surface area contributed by atoms with Crippen LogP contribution in [-0.2, 0) is 12.0 Å². The predicted octanol–water partition coefficient (Wildman–Crippen LogP) is 2.75. The predicted molar refractivity (Wildman–Crippen MR) is 112 cm³/mol. The monoisotopic (exact) mass is 381 g/mol. The first-order valence-corrected chi connectivity index (χ1v) is 10.2. The van der Waals surface area contributed by atoms with E-state index >= 15 is 0 Å². The van der Waals surface area contributed by atoms with Crippen LogP contribution < -0.4 is 15.0 Å². The smallest absolute Gasteiger partial charge is 0.225 e. The van der Waals surface area contributed by atoms with Crippen molar-refractivity contribution in [3.8, 4) is 5.75 Å². The topological polar surface area (TPSA) is 53.5 Å². The third-order valence-corrected chi connectivity index (χ3v) is 6.33. The van der Waals surface area contributed by atoms with Gasteiger partial charge in [-0.05, 0) is 45.0 Å². The quantitative estimate of drug-likeness (QED) is 0.860. The Bertz CT molecular complexity index is 812. The highest BCUT2D eigenvalue weighted by Gasteiger charge is 2.25. The zero-order chi connectivity index (χ0) is 19.7. The molecule has 4 rings (SSSR count). The Morgan fingerprint density at radius 2 is 1.82 bits per heavy atom. The number of ether oxygens (including phenoxy) is 1. The Balaban J connectivity index is 1.38. The summed E-state index contributed by atoms with van der Waals surface area (Å²) >= 11 is 0. The van der Waals surface area contributed by atoms with Gasteiger partial charge in [0.2, 0.25) is 5.95 Å². The van der Waals surface area contributed by atoms with Crippen LogP contribution in [0.25, 0.3) is 0 Å². The molecule has 6 heteroatoms. The van der Waals surface area contributed by atoms with Gasteiger partial charge in [-0.1, -0.05) is 12.1 Å². The minimum Gasteiger partial charge on any atom is -0.493 e. The minimum absolute atomic E-state index is 0.119. The first kappa shape index (κ1) is 19.2. The summed E-state index contributed by atoms with van der Waals surface area (Å²) in [7, 11) is 1.96. The van der Waals surface area contributed by atoms with E-state index in [0.29, 0.717) is 6.04 Å². The Morgan fingerprint density at radius 3 is 2.50 bits per heavy atom. The summed E-state index contributed by atoms with van der Waals surface area (Å²) in [5, 5.41) is 3.30. The zero-order valence-corrected chi connectivity index (χ0v) is 17.4. The molecule has 1 unspecified atom stereocenters. The van der Waals surface area contributed by atoms with Gasteiger partial charge in [0.1, 0.15) is 5.75 Å². The molecule has 6 nitrogen and oxygen atoms in total. The van der Waals surface area contributed by atoms with E-state index in [0.717, 1.165) is 56.5 Å². The van der Waals surface area contributed by atoms with Crippen molar-refractivity contribution in [3.05, 3.63) is 47.3 Å². The average molecular weight is 382 g/mol. The molecule has 28 heavy (non-hydrogen) atoms. The summed E-state index contributed by atoms with van der Waals surface area (Å²) in [5.41, 5.74) is 3.66. The second-order valence-corrected chi connectivity index (χ2v) is 8.31. The fourth-order valence-corrected chi connectivity index (χ4v) is 3.91. The van der Waals surface area contributed by atoms with Crippen molar-refractivity contribution in [2.45, 2.75) is 38.8 Å². The van der Waals surface area contributed by atoms with Gasteiger partial charge in [-0.15, -0.1) is 0 Å². The standard InChI is InChI=1S/C22H31N5O/c1-16(18-6-5-17-7-12-28-20(17)13-18)26-8-10-27(11-9-26)21-24-14-19(15-25-21)22(2,3)23-4/h5-6,13-16,23H,7-12H2,1-4H3. The largest absolute Gasteiger partial charge is 0.493 e. The molecule has 2 aliphatic heterocycles. The molecule has 0 amide bonds. The molecule has 3 heterocycles. The lowest BCUT2D eigenvalue weighted by molar-refractivity contribution is 0.197. The van der Waals surface area contributed by atoms with E-state index in [1.165, 1.54) is 11.1 Å². The summed E-state index contributed by atoms with van der Waals surface area (Å²) in [6.45, 7) is 11.3. The number of aromatic nitrogens is 2. The maximum absolute atomic E-state index is 5.75. The van der Waals surface area contributed by atoms with Gasteiger partial charge in [0, 0.05) is 62.1 Å². The molecule has 2 aliphatic rings. The zero-order valence-electron chi connectivity index (χ0n) is 17.4. The fraction of sp³-hybridized carbons (Fsp3) is 0.545. The Kier molecular flexibility index (Phi) is 5.25. The van der Waals surface area contributed by atoms with Gasteiger partial charge in [0.25, 0.3) is 0 Å². The molecule has 1 saturated heterocycles. The molecule has 1 fully saturated rings. The van der Waals surface area contributed by atoms with Crippen LogP contribution in [-0.4, -0.2) is 54.7 Å². The van der Waals surface area contributed by atoms with E-state index in [2.05, 4.69) is 64.1 Å². The SMILES string of the molecule is CNC(C)(C)c1cnc(N2CCN(C(C)c3ccc4c(c3)OCC4)CC2)nc1. The third-order valence-electron chi connectivity index (χ3n) is 6.33. The van der Waals surface area contributed by atoms with Gasteiger partial charge in [-0.3, -0.25) is 4.90 Å². The van der Waals surface area contributed by atoms with Gasteiger partial charge in [-0.25, -0.2) is 9.97 Å². The molecule has 150 valence electrons. The highest BCUT2D eigenvalue weighted by Crippen LogP contribution is 2.31. The summed E-state index contributed by atoms with van der Waals surface area (Å²) in [6.07, 6.45) is 4.92. The van der Waals surface area contributed by atoms with E-state index < -0.39 is 0 Å². The van der Waals surface area contributed by atoms with Crippen molar-refractivity contribution in [3.63, 3.8) is 0 Å². The van der Waals surface area contributed by atoms with Crippen LogP contribution in [0.5, 0.6) is 5.75 Å². The molecule has 0 radical (unpaired) electrons. The molecule has 0 aliphatic carbocycles. The lowest BCUT2D eigenvalue weighted by atomic mass is 9.98. The Morgan fingerprint density at radius 1 is 1.11 bits per heavy atom. The van der Waals surface area contributed by atoms with Crippen LogP contribution in [0.15, 0.2) is 30.6 Å². The van der Waals surface area contributed by atoms with Crippen molar-refractivity contribution in [1.82, 2.24) is 20.2 Å². The van der Waals surface area contributed by atoms with Gasteiger partial charge in [0.05, 0.1) is 6.61 Å². The van der Waals surface area contributed by atoms with Crippen LogP contribution in [0.1, 0.15) is 43.5 Å². The van der Waals surface area contributed by atoms with Gasteiger partial charge >= 0.3 is 0 Å². The van der Waals surface area contributed by atoms with Crippen molar-refractivity contribution in [2.24, 2.45) is 0 Å². The van der Waals surface area contributed by atoms with E-state index in [-0.39, 0.29) is 5.54 Å². The van der Waals surface area contributed by atoms with Crippen LogP contribution in [0, 0.1) is 0 Å². The van der Waals surface area contributed by atoms with Crippen LogP contribution in [0.3, 0.4) is 0 Å². The highest BCUT2D eigenvalue weighted by molar-refractivity contribution is 5.41. The van der Waals surface area contributed by atoms with Crippen LogP contribution >= 0.6 is 0 Å². The number of hydrogen-bond donors (Lipinski definition) is 1. The lowest BCUT2D eigenvalue weighted by Gasteiger charge is -2.38. The molecule has 1 atom stereocenters. The fourth-order valence-electron chi connectivity index (χ4n) is 3.91. The number of nitrogens with zero attached hydrogens (tertiary/aromatic N) is 4. The average Bonchev–Trinajstić information content (AvgIpc) is 3.21. The lowest BCUT2D eigenvalue weighted by Crippen LogP contribution is -2.47. The summed E-state index contributed by atoms with van der Waals surface area (Å²) in [4.78, 5) is 14.1. The molecule has 1 N–H and O–H groups in total. The molecule has 0 saturated carbocycles. The van der Waals surface area contributed by atoms with E-state index in [1.807, 2.05) is 19.4 Å². The number of fused-ring (bicyclic) bond motifs is 1. The number of piperazine rings is 1. The number of anilines is 1. The minimum atomic E-state index is -0.119. The maximum Gasteiger partial charge on any atom is 0.225 e. The first-order chi connectivity index (χ1) is 13.5. The Hall–Kier alpha value is -2.18. The van der Waals surface area contributed by atoms with Crippen molar-refractivity contribution in [2.75, 3.05) is 44.7 Å². The number of hydrogen-bond acceptors (Lipinski definition) is 6. The van der Waals surface area contributed by atoms with E-state index in [4.69, 9.17) is 4.74 Å². The molecule has 1 aromatic heterocycles. The summed E-state index contributed by atoms with van der Waals surface area (Å²) in [5.74, 6) is 1.90.